The fourth-order valence-electron chi connectivity index (χ4n) is 1.95. The quantitative estimate of drug-likeness (QED) is 0.810. The zero-order chi connectivity index (χ0) is 11.4. The summed E-state index contributed by atoms with van der Waals surface area (Å²) in [6.07, 6.45) is 0.724. The van der Waals surface area contributed by atoms with Gasteiger partial charge in [0.15, 0.2) is 0 Å². The van der Waals surface area contributed by atoms with Gasteiger partial charge in [0, 0.05) is 6.04 Å². The van der Waals surface area contributed by atoms with Crippen LogP contribution in [0.2, 0.25) is 0 Å². The van der Waals surface area contributed by atoms with Gasteiger partial charge in [0.1, 0.15) is 5.82 Å². The molecule has 0 radical (unpaired) electrons. The van der Waals surface area contributed by atoms with E-state index in [0.717, 1.165) is 12.0 Å². The van der Waals surface area contributed by atoms with Gasteiger partial charge in [-0.3, -0.25) is 0 Å². The maximum atomic E-state index is 13.4. The third-order valence-electron chi connectivity index (χ3n) is 2.95. The highest BCUT2D eigenvalue weighted by molar-refractivity contribution is 5.18. The van der Waals surface area contributed by atoms with E-state index in [9.17, 15) is 4.39 Å². The third-order valence-corrected chi connectivity index (χ3v) is 2.95. The summed E-state index contributed by atoms with van der Waals surface area (Å²) in [5, 5.41) is 0. The van der Waals surface area contributed by atoms with Crippen molar-refractivity contribution >= 4 is 0 Å². The maximum Gasteiger partial charge on any atom is 0.126 e. The number of nitrogens with two attached hydrogens (primary N) is 1. The van der Waals surface area contributed by atoms with Crippen molar-refractivity contribution in [3.63, 3.8) is 0 Å². The SMILES string of the molecule is CC(C)C(Cc1ccccc1F)C(C)N. The molecule has 1 nitrogen and oxygen atoms in total. The van der Waals surface area contributed by atoms with Crippen LogP contribution in [0.3, 0.4) is 0 Å². The second kappa shape index (κ2) is 5.26. The van der Waals surface area contributed by atoms with Crippen molar-refractivity contribution in [2.45, 2.75) is 33.2 Å². The predicted octanol–water partition coefficient (Wildman–Crippen LogP) is 2.99. The molecule has 0 spiro atoms. The van der Waals surface area contributed by atoms with Gasteiger partial charge in [-0.15, -0.1) is 0 Å². The minimum absolute atomic E-state index is 0.101. The first-order valence-corrected chi connectivity index (χ1v) is 5.51. The monoisotopic (exact) mass is 209 g/mol. The summed E-state index contributed by atoms with van der Waals surface area (Å²) in [5.74, 6) is 0.690. The van der Waals surface area contributed by atoms with Gasteiger partial charge in [-0.05, 0) is 36.8 Å². The summed E-state index contributed by atoms with van der Waals surface area (Å²) in [6.45, 7) is 6.26. The average Bonchev–Trinajstić information content (AvgIpc) is 2.15. The molecule has 1 aromatic rings. The number of benzene rings is 1. The molecule has 0 aliphatic heterocycles. The Balaban J connectivity index is 2.79. The number of hydrogen-bond acceptors (Lipinski definition) is 1. The van der Waals surface area contributed by atoms with Gasteiger partial charge in [0.25, 0.3) is 0 Å². The van der Waals surface area contributed by atoms with Crippen molar-refractivity contribution in [1.82, 2.24) is 0 Å². The van der Waals surface area contributed by atoms with Crippen LogP contribution in [0.4, 0.5) is 4.39 Å². The molecule has 0 amide bonds. The predicted molar refractivity (Wildman–Crippen MR) is 62.1 cm³/mol. The fraction of sp³-hybridized carbons (Fsp3) is 0.538. The molecule has 0 saturated carbocycles. The van der Waals surface area contributed by atoms with Crippen LogP contribution in [0.1, 0.15) is 26.3 Å². The molecular formula is C13H20FN. The molecule has 1 aromatic carbocycles. The standard InChI is InChI=1S/C13H20FN/c1-9(2)12(10(3)15)8-11-6-4-5-7-13(11)14/h4-7,9-10,12H,8,15H2,1-3H3. The van der Waals surface area contributed by atoms with Crippen LogP contribution in [0.25, 0.3) is 0 Å². The summed E-state index contributed by atoms with van der Waals surface area (Å²) in [4.78, 5) is 0. The Morgan fingerprint density at radius 3 is 2.27 bits per heavy atom. The van der Waals surface area contributed by atoms with E-state index in [-0.39, 0.29) is 11.9 Å². The van der Waals surface area contributed by atoms with Gasteiger partial charge in [-0.25, -0.2) is 4.39 Å². The van der Waals surface area contributed by atoms with Crippen LogP contribution in [-0.2, 0) is 6.42 Å². The average molecular weight is 209 g/mol. The molecule has 0 bridgehead atoms. The van der Waals surface area contributed by atoms with E-state index in [1.807, 2.05) is 19.1 Å². The summed E-state index contributed by atoms with van der Waals surface area (Å²) >= 11 is 0. The Labute approximate surface area is 91.5 Å². The minimum Gasteiger partial charge on any atom is -0.328 e. The lowest BCUT2D eigenvalue weighted by molar-refractivity contribution is 0.326. The maximum absolute atomic E-state index is 13.4. The molecule has 0 aromatic heterocycles. The Hall–Kier alpha value is -0.890. The van der Waals surface area contributed by atoms with E-state index in [0.29, 0.717) is 11.8 Å². The lowest BCUT2D eigenvalue weighted by atomic mass is 9.84. The molecular weight excluding hydrogens is 189 g/mol. The van der Waals surface area contributed by atoms with E-state index in [1.54, 1.807) is 6.07 Å². The van der Waals surface area contributed by atoms with Crippen molar-refractivity contribution < 1.29 is 4.39 Å². The topological polar surface area (TPSA) is 26.0 Å². The molecule has 84 valence electrons. The minimum atomic E-state index is -0.121. The van der Waals surface area contributed by atoms with Crippen LogP contribution in [0.15, 0.2) is 24.3 Å². The summed E-state index contributed by atoms with van der Waals surface area (Å²) in [6, 6.07) is 7.04. The first-order chi connectivity index (χ1) is 7.02. The zero-order valence-electron chi connectivity index (χ0n) is 9.70. The molecule has 2 atom stereocenters. The summed E-state index contributed by atoms with van der Waals surface area (Å²) in [5.41, 5.74) is 6.68. The van der Waals surface area contributed by atoms with Crippen LogP contribution in [0.5, 0.6) is 0 Å². The van der Waals surface area contributed by atoms with Gasteiger partial charge in [-0.1, -0.05) is 32.0 Å². The summed E-state index contributed by atoms with van der Waals surface area (Å²) < 4.78 is 13.4. The highest BCUT2D eigenvalue weighted by Crippen LogP contribution is 2.21. The molecule has 2 heteroatoms. The van der Waals surface area contributed by atoms with Crippen LogP contribution in [-0.4, -0.2) is 6.04 Å². The molecule has 0 heterocycles. The van der Waals surface area contributed by atoms with Gasteiger partial charge in [-0.2, -0.15) is 0 Å². The molecule has 0 fully saturated rings. The van der Waals surface area contributed by atoms with E-state index >= 15 is 0 Å². The normalized spacial score (nSPS) is 15.3. The molecule has 2 unspecified atom stereocenters. The Kier molecular flexibility index (Phi) is 4.28. The van der Waals surface area contributed by atoms with Crippen LogP contribution < -0.4 is 5.73 Å². The van der Waals surface area contributed by atoms with E-state index in [2.05, 4.69) is 13.8 Å². The van der Waals surface area contributed by atoms with Gasteiger partial charge >= 0.3 is 0 Å². The second-order valence-electron chi connectivity index (χ2n) is 4.56. The lowest BCUT2D eigenvalue weighted by Gasteiger charge is -2.24. The number of hydrogen-bond donors (Lipinski definition) is 1. The molecule has 1 rings (SSSR count). The number of rotatable bonds is 4. The molecule has 2 N–H and O–H groups in total. The van der Waals surface area contributed by atoms with E-state index in [1.165, 1.54) is 6.07 Å². The van der Waals surface area contributed by atoms with E-state index in [4.69, 9.17) is 5.73 Å². The van der Waals surface area contributed by atoms with E-state index < -0.39 is 0 Å². The van der Waals surface area contributed by atoms with Crippen LogP contribution in [0, 0.1) is 17.7 Å². The van der Waals surface area contributed by atoms with Crippen molar-refractivity contribution in [2.75, 3.05) is 0 Å². The fourth-order valence-corrected chi connectivity index (χ4v) is 1.95. The first kappa shape index (κ1) is 12.2. The highest BCUT2D eigenvalue weighted by Gasteiger charge is 2.19. The van der Waals surface area contributed by atoms with Crippen molar-refractivity contribution in [2.24, 2.45) is 17.6 Å². The Morgan fingerprint density at radius 2 is 1.80 bits per heavy atom. The molecule has 0 aliphatic rings. The van der Waals surface area contributed by atoms with Gasteiger partial charge in [0.05, 0.1) is 0 Å². The van der Waals surface area contributed by atoms with Crippen molar-refractivity contribution in [3.05, 3.63) is 35.6 Å². The van der Waals surface area contributed by atoms with Gasteiger partial charge < -0.3 is 5.73 Å². The van der Waals surface area contributed by atoms with Crippen molar-refractivity contribution in [3.8, 4) is 0 Å². The van der Waals surface area contributed by atoms with Gasteiger partial charge in [0.2, 0.25) is 0 Å². The molecule has 15 heavy (non-hydrogen) atoms. The molecule has 0 aliphatic carbocycles. The Morgan fingerprint density at radius 1 is 1.20 bits per heavy atom. The number of halogens is 1. The molecule has 0 saturated heterocycles. The first-order valence-electron chi connectivity index (χ1n) is 5.51. The highest BCUT2D eigenvalue weighted by atomic mass is 19.1. The smallest absolute Gasteiger partial charge is 0.126 e. The largest absolute Gasteiger partial charge is 0.328 e. The Bertz CT molecular complexity index is 299. The third kappa shape index (κ3) is 3.31. The van der Waals surface area contributed by atoms with Crippen LogP contribution >= 0.6 is 0 Å². The lowest BCUT2D eigenvalue weighted by Crippen LogP contribution is -2.32. The van der Waals surface area contributed by atoms with Crippen molar-refractivity contribution in [1.29, 1.82) is 0 Å². The zero-order valence-corrected chi connectivity index (χ0v) is 9.70. The summed E-state index contributed by atoms with van der Waals surface area (Å²) in [7, 11) is 0. The second-order valence-corrected chi connectivity index (χ2v) is 4.56.